The van der Waals surface area contributed by atoms with E-state index >= 15 is 0 Å². The molecule has 0 saturated heterocycles. The Morgan fingerprint density at radius 2 is 2.07 bits per heavy atom. The van der Waals surface area contributed by atoms with Crippen LogP contribution in [-0.2, 0) is 14.8 Å². The summed E-state index contributed by atoms with van der Waals surface area (Å²) in [6, 6.07) is 0. The number of alkyl halides is 2. The van der Waals surface area contributed by atoms with Crippen molar-refractivity contribution >= 4 is 16.0 Å². The highest BCUT2D eigenvalue weighted by molar-refractivity contribution is 7.89. The molecule has 0 aromatic heterocycles. The molecule has 8 heteroatoms. The van der Waals surface area contributed by atoms with Crippen molar-refractivity contribution in [3.8, 4) is 0 Å². The third-order valence-corrected chi connectivity index (χ3v) is 2.68. The average Bonchev–Trinajstić information content (AvgIpc) is 2.02. The standard InChI is InChI=1S/C6H9F2NO4S/c1-2-3-9(4-5(10)11)14(12,13)6(7)8/h2,6H,1,3-4H2,(H,10,11). The van der Waals surface area contributed by atoms with Crippen molar-refractivity contribution in [1.82, 2.24) is 4.31 Å². The van der Waals surface area contributed by atoms with Crippen LogP contribution in [0.25, 0.3) is 0 Å². The number of hydrogen-bond donors (Lipinski definition) is 1. The molecule has 0 amide bonds. The Hall–Kier alpha value is -1.02. The van der Waals surface area contributed by atoms with Crippen LogP contribution in [0.5, 0.6) is 0 Å². The van der Waals surface area contributed by atoms with Gasteiger partial charge in [-0.25, -0.2) is 8.42 Å². The zero-order chi connectivity index (χ0) is 11.4. The van der Waals surface area contributed by atoms with Crippen LogP contribution in [0.15, 0.2) is 12.7 Å². The van der Waals surface area contributed by atoms with E-state index in [0.29, 0.717) is 0 Å². The molecule has 0 aliphatic carbocycles. The molecule has 0 radical (unpaired) electrons. The number of carboxylic acids is 1. The van der Waals surface area contributed by atoms with Gasteiger partial charge in [0.05, 0.1) is 0 Å². The number of carboxylic acid groups (broad SMARTS) is 1. The molecule has 82 valence electrons. The summed E-state index contributed by atoms with van der Waals surface area (Å²) in [5.41, 5.74) is 0. The molecule has 0 unspecified atom stereocenters. The molecule has 0 rings (SSSR count). The van der Waals surface area contributed by atoms with E-state index in [1.165, 1.54) is 0 Å². The van der Waals surface area contributed by atoms with E-state index in [1.54, 1.807) is 0 Å². The molecule has 0 aromatic rings. The second-order valence-corrected chi connectivity index (χ2v) is 4.18. The largest absolute Gasteiger partial charge is 0.480 e. The Bertz CT molecular complexity index is 314. The zero-order valence-corrected chi connectivity index (χ0v) is 7.88. The maximum absolute atomic E-state index is 12.0. The number of nitrogens with zero attached hydrogens (tertiary/aromatic N) is 1. The smallest absolute Gasteiger partial charge is 0.350 e. The highest BCUT2D eigenvalue weighted by atomic mass is 32.2. The van der Waals surface area contributed by atoms with Crippen LogP contribution >= 0.6 is 0 Å². The first kappa shape index (κ1) is 13.0. The van der Waals surface area contributed by atoms with E-state index < -0.39 is 34.8 Å². The van der Waals surface area contributed by atoms with Gasteiger partial charge in [-0.2, -0.15) is 13.1 Å². The van der Waals surface area contributed by atoms with Crippen molar-refractivity contribution in [2.24, 2.45) is 0 Å². The van der Waals surface area contributed by atoms with Crippen LogP contribution in [-0.4, -0.2) is 42.6 Å². The molecule has 0 aliphatic rings. The van der Waals surface area contributed by atoms with Crippen molar-refractivity contribution < 1.29 is 27.1 Å². The van der Waals surface area contributed by atoms with Crippen molar-refractivity contribution in [3.63, 3.8) is 0 Å². The minimum atomic E-state index is -4.85. The van der Waals surface area contributed by atoms with E-state index in [1.807, 2.05) is 0 Å². The highest BCUT2D eigenvalue weighted by Gasteiger charge is 2.32. The molecular weight excluding hydrogens is 220 g/mol. The van der Waals surface area contributed by atoms with Gasteiger partial charge in [0.1, 0.15) is 6.54 Å². The topological polar surface area (TPSA) is 74.7 Å². The first-order valence-electron chi connectivity index (χ1n) is 3.42. The third-order valence-electron chi connectivity index (χ3n) is 1.23. The molecule has 0 fully saturated rings. The summed E-state index contributed by atoms with van der Waals surface area (Å²) >= 11 is 0. The van der Waals surface area contributed by atoms with E-state index in [0.717, 1.165) is 6.08 Å². The maximum atomic E-state index is 12.0. The molecule has 0 aliphatic heterocycles. The Kier molecular flexibility index (Phi) is 4.64. The summed E-state index contributed by atoms with van der Waals surface area (Å²) in [6.45, 7) is 1.68. The second-order valence-electron chi connectivity index (χ2n) is 2.28. The van der Waals surface area contributed by atoms with Gasteiger partial charge in [0.2, 0.25) is 0 Å². The lowest BCUT2D eigenvalue weighted by Crippen LogP contribution is -2.39. The van der Waals surface area contributed by atoms with Gasteiger partial charge in [0, 0.05) is 6.54 Å². The lowest BCUT2D eigenvalue weighted by Gasteiger charge is -2.17. The molecule has 5 nitrogen and oxygen atoms in total. The van der Waals surface area contributed by atoms with Crippen LogP contribution in [0.1, 0.15) is 0 Å². The fraction of sp³-hybridized carbons (Fsp3) is 0.500. The SMILES string of the molecule is C=CCN(CC(=O)O)S(=O)(=O)C(F)F. The summed E-state index contributed by atoms with van der Waals surface area (Å²) in [5.74, 6) is -5.13. The monoisotopic (exact) mass is 229 g/mol. The summed E-state index contributed by atoms with van der Waals surface area (Å²) in [4.78, 5) is 10.2. The van der Waals surface area contributed by atoms with Crippen LogP contribution < -0.4 is 0 Å². The maximum Gasteiger partial charge on any atom is 0.350 e. The Labute approximate surface area is 79.7 Å². The van der Waals surface area contributed by atoms with Crippen molar-refractivity contribution in [3.05, 3.63) is 12.7 Å². The van der Waals surface area contributed by atoms with Gasteiger partial charge < -0.3 is 5.11 Å². The minimum absolute atomic E-state index is 0.146. The van der Waals surface area contributed by atoms with Crippen LogP contribution in [0.4, 0.5) is 8.78 Å². The van der Waals surface area contributed by atoms with Gasteiger partial charge in [-0.05, 0) is 0 Å². The molecule has 0 bridgehead atoms. The normalized spacial score (nSPS) is 12.0. The predicted octanol–water partition coefficient (Wildman–Crippen LogP) is 0.111. The minimum Gasteiger partial charge on any atom is -0.480 e. The fourth-order valence-electron chi connectivity index (χ4n) is 0.666. The molecule has 1 N–H and O–H groups in total. The molecule has 0 heterocycles. The lowest BCUT2D eigenvalue weighted by molar-refractivity contribution is -0.137. The zero-order valence-electron chi connectivity index (χ0n) is 7.06. The number of hydrogen-bond acceptors (Lipinski definition) is 3. The van der Waals surface area contributed by atoms with Crippen LogP contribution in [0, 0.1) is 0 Å². The molecule has 0 atom stereocenters. The molecule has 0 spiro atoms. The van der Waals surface area contributed by atoms with E-state index in [4.69, 9.17) is 5.11 Å². The predicted molar refractivity (Wildman–Crippen MR) is 44.3 cm³/mol. The summed E-state index contributed by atoms with van der Waals surface area (Å²) < 4.78 is 45.7. The fourth-order valence-corrected chi connectivity index (χ4v) is 1.49. The van der Waals surface area contributed by atoms with Crippen molar-refractivity contribution in [2.45, 2.75) is 5.76 Å². The molecule has 0 saturated carbocycles. The van der Waals surface area contributed by atoms with Gasteiger partial charge in [0.25, 0.3) is 10.0 Å². The van der Waals surface area contributed by atoms with E-state index in [2.05, 4.69) is 6.58 Å². The quantitative estimate of drug-likeness (QED) is 0.656. The van der Waals surface area contributed by atoms with Crippen molar-refractivity contribution in [1.29, 1.82) is 0 Å². The molecular formula is C6H9F2NO4S. The Morgan fingerprint density at radius 1 is 1.57 bits per heavy atom. The summed E-state index contributed by atoms with van der Waals surface area (Å²) in [7, 11) is -4.85. The van der Waals surface area contributed by atoms with E-state index in [9.17, 15) is 22.0 Å². The van der Waals surface area contributed by atoms with Gasteiger partial charge >= 0.3 is 11.7 Å². The molecule has 14 heavy (non-hydrogen) atoms. The number of carbonyl (C=O) groups is 1. The number of aliphatic carboxylic acids is 1. The van der Waals surface area contributed by atoms with Crippen molar-refractivity contribution in [2.75, 3.05) is 13.1 Å². The number of halogens is 2. The Balaban J connectivity index is 4.81. The van der Waals surface area contributed by atoms with E-state index in [-0.39, 0.29) is 4.31 Å². The first-order valence-corrected chi connectivity index (χ1v) is 4.92. The number of sulfonamides is 1. The first-order chi connectivity index (χ1) is 6.32. The average molecular weight is 229 g/mol. The van der Waals surface area contributed by atoms with Gasteiger partial charge in [-0.3, -0.25) is 4.79 Å². The van der Waals surface area contributed by atoms with Gasteiger partial charge in [-0.15, -0.1) is 6.58 Å². The Morgan fingerprint density at radius 3 is 2.36 bits per heavy atom. The lowest BCUT2D eigenvalue weighted by atomic mass is 10.6. The number of rotatable bonds is 6. The molecule has 0 aromatic carbocycles. The van der Waals surface area contributed by atoms with Crippen LogP contribution in [0.2, 0.25) is 0 Å². The summed E-state index contributed by atoms with van der Waals surface area (Å²) in [5, 5.41) is 8.27. The second kappa shape index (κ2) is 5.01. The van der Waals surface area contributed by atoms with Gasteiger partial charge in [0.15, 0.2) is 0 Å². The van der Waals surface area contributed by atoms with Gasteiger partial charge in [-0.1, -0.05) is 6.08 Å². The highest BCUT2D eigenvalue weighted by Crippen LogP contribution is 2.11. The third kappa shape index (κ3) is 3.38. The van der Waals surface area contributed by atoms with Crippen LogP contribution in [0.3, 0.4) is 0 Å². The summed E-state index contributed by atoms with van der Waals surface area (Å²) in [6.07, 6.45) is 1.03.